The Labute approximate surface area is 92.0 Å². The molecule has 1 fully saturated rings. The highest BCUT2D eigenvalue weighted by atomic mass is 16.5. The summed E-state index contributed by atoms with van der Waals surface area (Å²) >= 11 is 0. The van der Waals surface area contributed by atoms with Gasteiger partial charge in [0, 0.05) is 0 Å². The number of carbonyl (C=O) groups excluding carboxylic acids is 1. The van der Waals surface area contributed by atoms with Crippen LogP contribution in [0.2, 0.25) is 0 Å². The molecular formula is C11H12O5. The Hall–Kier alpha value is -1.62. The van der Waals surface area contributed by atoms with Crippen LogP contribution in [-0.2, 0) is 4.74 Å². The molecule has 5 nitrogen and oxygen atoms in total. The summed E-state index contributed by atoms with van der Waals surface area (Å²) in [6.07, 6.45) is 0.727. The van der Waals surface area contributed by atoms with Crippen LogP contribution < -0.4 is 0 Å². The van der Waals surface area contributed by atoms with Gasteiger partial charge in [0.1, 0.15) is 0 Å². The Morgan fingerprint density at radius 3 is 2.56 bits per heavy atom. The first-order chi connectivity index (χ1) is 7.58. The molecule has 2 unspecified atom stereocenters. The van der Waals surface area contributed by atoms with Crippen LogP contribution >= 0.6 is 0 Å². The van der Waals surface area contributed by atoms with Gasteiger partial charge in [-0.2, -0.15) is 0 Å². The summed E-state index contributed by atoms with van der Waals surface area (Å²) in [5.74, 6) is -1.69. The molecule has 2 atom stereocenters. The van der Waals surface area contributed by atoms with Crippen molar-refractivity contribution >= 4 is 11.8 Å². The van der Waals surface area contributed by atoms with Crippen molar-refractivity contribution in [2.45, 2.75) is 19.4 Å². The molecule has 2 heterocycles. The standard InChI is InChI=1S/C11H12O5/c1-6-4-7(5-15-6)10(12)8-2-3-9(16-8)11(13)14/h2-3,6-7H,4-5H2,1H3,(H,13,14). The molecule has 1 N–H and O–H groups in total. The second-order valence-electron chi connectivity index (χ2n) is 3.91. The average molecular weight is 224 g/mol. The third kappa shape index (κ3) is 1.99. The van der Waals surface area contributed by atoms with Gasteiger partial charge in [0.15, 0.2) is 5.76 Å². The third-order valence-electron chi connectivity index (χ3n) is 2.63. The quantitative estimate of drug-likeness (QED) is 0.789. The van der Waals surface area contributed by atoms with Crippen LogP contribution in [-0.4, -0.2) is 29.6 Å². The number of furan rings is 1. The fourth-order valence-electron chi connectivity index (χ4n) is 1.79. The van der Waals surface area contributed by atoms with Gasteiger partial charge in [0.05, 0.1) is 18.6 Å². The van der Waals surface area contributed by atoms with Crippen molar-refractivity contribution in [2.75, 3.05) is 6.61 Å². The van der Waals surface area contributed by atoms with E-state index in [1.165, 1.54) is 12.1 Å². The van der Waals surface area contributed by atoms with E-state index in [4.69, 9.17) is 14.3 Å². The van der Waals surface area contributed by atoms with Gasteiger partial charge in [-0.25, -0.2) is 4.79 Å². The van der Waals surface area contributed by atoms with E-state index in [1.54, 1.807) is 0 Å². The number of carboxylic acid groups (broad SMARTS) is 1. The number of ether oxygens (including phenoxy) is 1. The highest BCUT2D eigenvalue weighted by Gasteiger charge is 2.31. The molecular weight excluding hydrogens is 212 g/mol. The molecule has 0 spiro atoms. The predicted molar refractivity (Wildman–Crippen MR) is 53.5 cm³/mol. The third-order valence-corrected chi connectivity index (χ3v) is 2.63. The minimum absolute atomic E-state index is 0.0721. The van der Waals surface area contributed by atoms with Crippen LogP contribution in [0.25, 0.3) is 0 Å². The van der Waals surface area contributed by atoms with E-state index < -0.39 is 5.97 Å². The monoisotopic (exact) mass is 224 g/mol. The predicted octanol–water partition coefficient (Wildman–Crippen LogP) is 1.59. The SMILES string of the molecule is CC1CC(C(=O)c2ccc(C(=O)O)o2)CO1. The van der Waals surface area contributed by atoms with Gasteiger partial charge in [-0.1, -0.05) is 0 Å². The molecule has 0 bridgehead atoms. The molecule has 0 saturated carbocycles. The molecule has 0 aromatic carbocycles. The van der Waals surface area contributed by atoms with Crippen molar-refractivity contribution in [3.8, 4) is 0 Å². The largest absolute Gasteiger partial charge is 0.475 e. The zero-order valence-electron chi connectivity index (χ0n) is 8.80. The Kier molecular flexibility index (Phi) is 2.78. The summed E-state index contributed by atoms with van der Waals surface area (Å²) in [6, 6.07) is 2.68. The van der Waals surface area contributed by atoms with Crippen molar-refractivity contribution in [3.05, 3.63) is 23.7 Å². The second-order valence-corrected chi connectivity index (χ2v) is 3.91. The van der Waals surface area contributed by atoms with E-state index >= 15 is 0 Å². The summed E-state index contributed by atoms with van der Waals surface area (Å²) < 4.78 is 10.2. The molecule has 0 aliphatic carbocycles. The van der Waals surface area contributed by atoms with Crippen molar-refractivity contribution in [2.24, 2.45) is 5.92 Å². The van der Waals surface area contributed by atoms with E-state index in [9.17, 15) is 9.59 Å². The van der Waals surface area contributed by atoms with Gasteiger partial charge in [0.25, 0.3) is 0 Å². The lowest BCUT2D eigenvalue weighted by Crippen LogP contribution is -2.14. The molecule has 1 aromatic rings. The van der Waals surface area contributed by atoms with Crippen LogP contribution in [0.3, 0.4) is 0 Å². The van der Waals surface area contributed by atoms with Gasteiger partial charge >= 0.3 is 5.97 Å². The van der Waals surface area contributed by atoms with E-state index in [0.29, 0.717) is 13.0 Å². The van der Waals surface area contributed by atoms with E-state index in [2.05, 4.69) is 0 Å². The summed E-state index contributed by atoms with van der Waals surface area (Å²) in [5.41, 5.74) is 0. The van der Waals surface area contributed by atoms with Crippen LogP contribution in [0.1, 0.15) is 34.5 Å². The normalized spacial score (nSPS) is 24.6. The average Bonchev–Trinajstić information content (AvgIpc) is 2.84. The number of aromatic carboxylic acids is 1. The fraction of sp³-hybridized carbons (Fsp3) is 0.455. The summed E-state index contributed by atoms with van der Waals surface area (Å²) in [4.78, 5) is 22.4. The molecule has 1 saturated heterocycles. The van der Waals surface area contributed by atoms with Crippen LogP contribution in [0.5, 0.6) is 0 Å². The summed E-state index contributed by atoms with van der Waals surface area (Å²) in [7, 11) is 0. The van der Waals surface area contributed by atoms with Gasteiger partial charge in [-0.05, 0) is 25.5 Å². The number of rotatable bonds is 3. The van der Waals surface area contributed by atoms with Gasteiger partial charge in [-0.15, -0.1) is 0 Å². The number of Topliss-reactive ketones (excluding diaryl/α,β-unsaturated/α-hetero) is 1. The lowest BCUT2D eigenvalue weighted by atomic mass is 9.99. The molecule has 0 radical (unpaired) electrons. The lowest BCUT2D eigenvalue weighted by molar-refractivity contribution is 0.0658. The minimum atomic E-state index is -1.17. The number of carboxylic acids is 1. The van der Waals surface area contributed by atoms with Crippen molar-refractivity contribution in [3.63, 3.8) is 0 Å². The fourth-order valence-corrected chi connectivity index (χ4v) is 1.79. The number of carbonyl (C=O) groups is 2. The first-order valence-electron chi connectivity index (χ1n) is 5.07. The number of ketones is 1. The first kappa shape index (κ1) is 10.9. The van der Waals surface area contributed by atoms with Crippen molar-refractivity contribution < 1.29 is 23.8 Å². The van der Waals surface area contributed by atoms with Gasteiger partial charge < -0.3 is 14.3 Å². The lowest BCUT2D eigenvalue weighted by Gasteiger charge is -2.02. The van der Waals surface area contributed by atoms with Crippen LogP contribution in [0, 0.1) is 5.92 Å². The first-order valence-corrected chi connectivity index (χ1v) is 5.07. The van der Waals surface area contributed by atoms with Gasteiger partial charge in [-0.3, -0.25) is 4.79 Å². The maximum Gasteiger partial charge on any atom is 0.371 e. The second kappa shape index (κ2) is 4.09. The molecule has 5 heteroatoms. The van der Waals surface area contributed by atoms with Crippen LogP contribution in [0.4, 0.5) is 0 Å². The highest BCUT2D eigenvalue weighted by molar-refractivity contribution is 5.96. The Morgan fingerprint density at radius 1 is 1.38 bits per heavy atom. The number of hydrogen-bond acceptors (Lipinski definition) is 4. The van der Waals surface area contributed by atoms with Gasteiger partial charge in [0.2, 0.25) is 11.5 Å². The Balaban J connectivity index is 2.11. The summed E-state index contributed by atoms with van der Waals surface area (Å²) in [6.45, 7) is 2.28. The minimum Gasteiger partial charge on any atom is -0.475 e. The summed E-state index contributed by atoms with van der Waals surface area (Å²) in [5, 5.41) is 8.66. The van der Waals surface area contributed by atoms with Crippen LogP contribution in [0.15, 0.2) is 16.5 Å². The molecule has 0 amide bonds. The molecule has 16 heavy (non-hydrogen) atoms. The maximum absolute atomic E-state index is 11.9. The molecule has 1 aliphatic rings. The van der Waals surface area contributed by atoms with E-state index in [0.717, 1.165) is 0 Å². The molecule has 2 rings (SSSR count). The highest BCUT2D eigenvalue weighted by Crippen LogP contribution is 2.24. The zero-order valence-corrected chi connectivity index (χ0v) is 8.80. The zero-order chi connectivity index (χ0) is 11.7. The Morgan fingerprint density at radius 2 is 2.06 bits per heavy atom. The van der Waals surface area contributed by atoms with Crippen molar-refractivity contribution in [1.82, 2.24) is 0 Å². The van der Waals surface area contributed by atoms with E-state index in [-0.39, 0.29) is 29.3 Å². The van der Waals surface area contributed by atoms with E-state index in [1.807, 2.05) is 6.92 Å². The Bertz CT molecular complexity index is 420. The topological polar surface area (TPSA) is 76.7 Å². The molecule has 1 aromatic heterocycles. The van der Waals surface area contributed by atoms with Crippen molar-refractivity contribution in [1.29, 1.82) is 0 Å². The molecule has 86 valence electrons. The smallest absolute Gasteiger partial charge is 0.371 e. The number of hydrogen-bond donors (Lipinski definition) is 1. The maximum atomic E-state index is 11.9. The molecule has 1 aliphatic heterocycles.